The van der Waals surface area contributed by atoms with Gasteiger partial charge in [-0.1, -0.05) is 43.2 Å². The minimum absolute atomic E-state index is 0.182. The largest absolute Gasteiger partial charge is 0.388 e. The number of nitrogens with two attached hydrogens (primary N) is 1. The number of carbonyl (C=O) groups excluding carboxylic acids is 1. The summed E-state index contributed by atoms with van der Waals surface area (Å²) in [7, 11) is 0. The van der Waals surface area contributed by atoms with Crippen molar-refractivity contribution < 1.29 is 9.90 Å². The van der Waals surface area contributed by atoms with E-state index in [1.807, 2.05) is 35.2 Å². The molecule has 0 spiro atoms. The predicted molar refractivity (Wildman–Crippen MR) is 92.9 cm³/mol. The van der Waals surface area contributed by atoms with E-state index in [1.165, 1.54) is 0 Å². The van der Waals surface area contributed by atoms with E-state index >= 15 is 0 Å². The molecule has 1 fully saturated rings. The van der Waals surface area contributed by atoms with Crippen molar-refractivity contribution in [3.63, 3.8) is 0 Å². The fourth-order valence-electron chi connectivity index (χ4n) is 3.40. The number of rotatable bonds is 9. The molecule has 1 aliphatic rings. The maximum Gasteiger partial charge on any atom is 0.222 e. The number of hydrogen-bond donors (Lipinski definition) is 2. The molecule has 23 heavy (non-hydrogen) atoms. The molecule has 0 aromatic heterocycles. The van der Waals surface area contributed by atoms with Crippen molar-refractivity contribution in [1.29, 1.82) is 0 Å². The van der Waals surface area contributed by atoms with Crippen molar-refractivity contribution in [3.8, 4) is 0 Å². The first-order valence-electron chi connectivity index (χ1n) is 8.95. The molecule has 128 valence electrons. The third-order valence-corrected chi connectivity index (χ3v) is 4.72. The normalized spacial score (nSPS) is 19.0. The third-order valence-electron chi connectivity index (χ3n) is 4.72. The van der Waals surface area contributed by atoms with E-state index in [-0.39, 0.29) is 11.9 Å². The van der Waals surface area contributed by atoms with Gasteiger partial charge in [-0.25, -0.2) is 0 Å². The van der Waals surface area contributed by atoms with E-state index in [4.69, 9.17) is 5.73 Å². The molecule has 4 nitrogen and oxygen atoms in total. The second kappa shape index (κ2) is 9.68. The van der Waals surface area contributed by atoms with Crippen LogP contribution in [0.1, 0.15) is 63.0 Å². The molecule has 2 unspecified atom stereocenters. The zero-order valence-corrected chi connectivity index (χ0v) is 14.0. The van der Waals surface area contributed by atoms with Crippen LogP contribution in [0.4, 0.5) is 0 Å². The quantitative estimate of drug-likeness (QED) is 0.688. The molecule has 1 amide bonds. The summed E-state index contributed by atoms with van der Waals surface area (Å²) in [6.45, 7) is 1.58. The zero-order valence-electron chi connectivity index (χ0n) is 14.0. The Morgan fingerprint density at radius 2 is 1.96 bits per heavy atom. The van der Waals surface area contributed by atoms with Gasteiger partial charge < -0.3 is 15.7 Å². The van der Waals surface area contributed by atoms with Crippen LogP contribution in [0.3, 0.4) is 0 Å². The lowest BCUT2D eigenvalue weighted by Crippen LogP contribution is -2.36. The van der Waals surface area contributed by atoms with E-state index in [1.54, 1.807) is 0 Å². The lowest BCUT2D eigenvalue weighted by molar-refractivity contribution is -0.132. The molecule has 2 atom stereocenters. The van der Waals surface area contributed by atoms with Crippen LogP contribution in [-0.2, 0) is 4.79 Å². The van der Waals surface area contributed by atoms with Crippen LogP contribution in [-0.4, -0.2) is 35.0 Å². The van der Waals surface area contributed by atoms with Gasteiger partial charge in [-0.2, -0.15) is 0 Å². The number of aliphatic hydroxyl groups is 1. The van der Waals surface area contributed by atoms with Gasteiger partial charge in [-0.05, 0) is 44.2 Å². The average molecular weight is 318 g/mol. The first-order chi connectivity index (χ1) is 11.2. The summed E-state index contributed by atoms with van der Waals surface area (Å²) in [5, 5.41) is 10.4. The van der Waals surface area contributed by atoms with Crippen molar-refractivity contribution in [2.75, 3.05) is 13.1 Å². The molecular weight excluding hydrogens is 288 g/mol. The lowest BCUT2D eigenvalue weighted by Gasteiger charge is -2.27. The van der Waals surface area contributed by atoms with E-state index < -0.39 is 6.10 Å². The molecular formula is C19H30N2O2. The monoisotopic (exact) mass is 318 g/mol. The molecule has 1 aromatic carbocycles. The molecule has 1 aromatic rings. The highest BCUT2D eigenvalue weighted by Gasteiger charge is 2.30. The van der Waals surface area contributed by atoms with Crippen LogP contribution in [0.25, 0.3) is 0 Å². The third kappa shape index (κ3) is 5.63. The van der Waals surface area contributed by atoms with Gasteiger partial charge in [0.05, 0.1) is 6.10 Å². The Kier molecular flexibility index (Phi) is 7.56. The molecule has 1 saturated heterocycles. The Morgan fingerprint density at radius 1 is 1.22 bits per heavy atom. The summed E-state index contributed by atoms with van der Waals surface area (Å²) < 4.78 is 0. The van der Waals surface area contributed by atoms with Gasteiger partial charge in [0, 0.05) is 19.0 Å². The molecule has 3 N–H and O–H groups in total. The minimum Gasteiger partial charge on any atom is -0.388 e. The Hall–Kier alpha value is -1.39. The van der Waals surface area contributed by atoms with Gasteiger partial charge in [-0.15, -0.1) is 0 Å². The van der Waals surface area contributed by atoms with Gasteiger partial charge in [0.1, 0.15) is 0 Å². The number of carbonyl (C=O) groups is 1. The standard InChI is InChI=1S/C19H30N2O2/c20-13-7-2-1-6-12-19(23)21-14-8-11-17(21)15-18(22)16-9-4-3-5-10-16/h3-5,9-10,17-18,22H,1-2,6-8,11-15,20H2. The molecule has 2 rings (SSSR count). The molecule has 4 heteroatoms. The van der Waals surface area contributed by atoms with Crippen molar-refractivity contribution in [3.05, 3.63) is 35.9 Å². The van der Waals surface area contributed by atoms with Crippen molar-refractivity contribution in [2.45, 2.75) is 63.5 Å². The van der Waals surface area contributed by atoms with Crippen LogP contribution in [0.5, 0.6) is 0 Å². The van der Waals surface area contributed by atoms with Crippen LogP contribution >= 0.6 is 0 Å². The highest BCUT2D eigenvalue weighted by atomic mass is 16.3. The van der Waals surface area contributed by atoms with Gasteiger partial charge in [-0.3, -0.25) is 4.79 Å². The Bertz CT molecular complexity index is 464. The maximum absolute atomic E-state index is 12.4. The summed E-state index contributed by atoms with van der Waals surface area (Å²) in [6, 6.07) is 9.91. The number of aliphatic hydroxyl groups excluding tert-OH is 1. The molecule has 1 heterocycles. The number of hydrogen-bond acceptors (Lipinski definition) is 3. The zero-order chi connectivity index (χ0) is 16.5. The highest BCUT2D eigenvalue weighted by Crippen LogP contribution is 2.28. The van der Waals surface area contributed by atoms with Crippen LogP contribution in [0.15, 0.2) is 30.3 Å². The molecule has 1 aliphatic heterocycles. The average Bonchev–Trinajstić information content (AvgIpc) is 3.03. The summed E-state index contributed by atoms with van der Waals surface area (Å²) in [5.74, 6) is 0.250. The maximum atomic E-state index is 12.4. The fraction of sp³-hybridized carbons (Fsp3) is 0.632. The van der Waals surface area contributed by atoms with Crippen molar-refractivity contribution in [1.82, 2.24) is 4.90 Å². The first kappa shape index (κ1) is 18.0. The Balaban J connectivity index is 1.79. The van der Waals surface area contributed by atoms with Crippen molar-refractivity contribution >= 4 is 5.91 Å². The Morgan fingerprint density at radius 3 is 2.70 bits per heavy atom. The number of likely N-dealkylation sites (tertiary alicyclic amines) is 1. The van der Waals surface area contributed by atoms with Gasteiger partial charge in [0.2, 0.25) is 5.91 Å². The second-order valence-corrected chi connectivity index (χ2v) is 6.50. The van der Waals surface area contributed by atoms with Crippen LogP contribution < -0.4 is 5.73 Å². The van der Waals surface area contributed by atoms with E-state index in [9.17, 15) is 9.90 Å². The smallest absolute Gasteiger partial charge is 0.222 e. The highest BCUT2D eigenvalue weighted by molar-refractivity contribution is 5.76. The lowest BCUT2D eigenvalue weighted by atomic mass is 10.0. The minimum atomic E-state index is -0.487. The van der Waals surface area contributed by atoms with Crippen molar-refractivity contribution in [2.24, 2.45) is 5.73 Å². The summed E-state index contributed by atoms with van der Waals surface area (Å²) in [5.41, 5.74) is 6.42. The summed E-state index contributed by atoms with van der Waals surface area (Å²) >= 11 is 0. The van der Waals surface area contributed by atoms with Gasteiger partial charge in [0.15, 0.2) is 0 Å². The molecule has 0 saturated carbocycles. The van der Waals surface area contributed by atoms with E-state index in [0.717, 1.165) is 57.2 Å². The summed E-state index contributed by atoms with van der Waals surface area (Å²) in [4.78, 5) is 14.4. The fourth-order valence-corrected chi connectivity index (χ4v) is 3.40. The topological polar surface area (TPSA) is 66.6 Å². The van der Waals surface area contributed by atoms with E-state index in [0.29, 0.717) is 12.8 Å². The first-order valence-corrected chi connectivity index (χ1v) is 8.95. The van der Waals surface area contributed by atoms with Crippen LogP contribution in [0.2, 0.25) is 0 Å². The predicted octanol–water partition coefficient (Wildman–Crippen LogP) is 3.01. The number of amides is 1. The SMILES string of the molecule is NCCCCCCC(=O)N1CCCC1CC(O)c1ccccc1. The number of benzene rings is 1. The molecule has 0 bridgehead atoms. The van der Waals surface area contributed by atoms with Crippen LogP contribution in [0, 0.1) is 0 Å². The van der Waals surface area contributed by atoms with E-state index in [2.05, 4.69) is 0 Å². The number of nitrogens with zero attached hydrogens (tertiary/aromatic N) is 1. The second-order valence-electron chi connectivity index (χ2n) is 6.50. The summed E-state index contributed by atoms with van der Waals surface area (Å²) in [6.07, 6.45) is 7.01. The number of unbranched alkanes of at least 4 members (excludes halogenated alkanes) is 3. The molecule has 0 radical (unpaired) electrons. The molecule has 0 aliphatic carbocycles. The Labute approximate surface area is 139 Å². The van der Waals surface area contributed by atoms with Gasteiger partial charge in [0.25, 0.3) is 0 Å². The van der Waals surface area contributed by atoms with Gasteiger partial charge >= 0.3 is 0 Å².